The van der Waals surface area contributed by atoms with Crippen molar-refractivity contribution in [3.05, 3.63) is 12.2 Å². The van der Waals surface area contributed by atoms with Gasteiger partial charge >= 0.3 is 19.8 Å². The van der Waals surface area contributed by atoms with E-state index < -0.39 is 50.2 Å². The van der Waals surface area contributed by atoms with Gasteiger partial charge in [0.1, 0.15) is 13.2 Å². The summed E-state index contributed by atoms with van der Waals surface area (Å²) in [5.41, 5.74) is 0. The van der Waals surface area contributed by atoms with Gasteiger partial charge in [-0.05, 0) is 12.8 Å². The van der Waals surface area contributed by atoms with Crippen molar-refractivity contribution in [2.45, 2.75) is 232 Å². The van der Waals surface area contributed by atoms with E-state index in [2.05, 4.69) is 24.5 Å². The molecule has 17 nitrogen and oxygen atoms in total. The number of ether oxygens (including phenoxy) is 4. The molecule has 0 saturated carbocycles. The van der Waals surface area contributed by atoms with Crippen LogP contribution in [-0.4, -0.2) is 117 Å². The highest BCUT2D eigenvalue weighted by atomic mass is 31.2. The Morgan fingerprint density at radius 3 is 1.42 bits per heavy atom. The van der Waals surface area contributed by atoms with Crippen molar-refractivity contribution in [2.24, 2.45) is 0 Å². The summed E-state index contributed by atoms with van der Waals surface area (Å²) < 4.78 is 44.5. The molecule has 2 atom stereocenters. The number of phosphoric ester groups is 1. The van der Waals surface area contributed by atoms with Gasteiger partial charge in [-0.2, -0.15) is 0 Å². The third-order valence-electron chi connectivity index (χ3n) is 12.4. The molecule has 0 aromatic rings. The van der Waals surface area contributed by atoms with Crippen molar-refractivity contribution < 1.29 is 66.2 Å². The Morgan fingerprint density at radius 2 is 0.931 bits per heavy atom. The smallest absolute Gasteiger partial charge is 0.462 e. The van der Waals surface area contributed by atoms with Crippen molar-refractivity contribution in [3.63, 3.8) is 0 Å². The lowest BCUT2D eigenvalue weighted by atomic mass is 10.0. The van der Waals surface area contributed by atoms with Crippen LogP contribution >= 0.6 is 7.82 Å². The average molecular weight is 1040 g/mol. The summed E-state index contributed by atoms with van der Waals surface area (Å²) in [6.07, 6.45) is 37.9. The first-order valence-corrected chi connectivity index (χ1v) is 29.7. The van der Waals surface area contributed by atoms with Gasteiger partial charge in [0, 0.05) is 51.0 Å². The molecular weight excluding hydrogens is 946 g/mol. The Bertz CT molecular complexity index is 1480. The number of amides is 4. The molecule has 0 saturated heterocycles. The molecule has 18 heteroatoms. The standard InChI is InChI=1S/C54H98N3O14P/c1-3-5-7-9-11-13-15-17-19-21-23-25-27-29-31-33-53(62)68-45-48(71-54(63)34-32-30-28-26-24-22-20-18-16-14-12-10-8-6-4-2)46-70-72(64,65)69-42-39-56-50(59)47-67-44-43-66-41-38-55-49(58)37-40-57-51(60)35-36-52(57)61/h35-36,48H,3-34,37-47H2,1-2H3,(H,55,58)(H,56,59)(H,64,65)/t48-/m1/s1. The Morgan fingerprint density at radius 1 is 0.514 bits per heavy atom. The van der Waals surface area contributed by atoms with Crippen LogP contribution in [0.15, 0.2) is 12.2 Å². The first kappa shape index (κ1) is 66.8. The largest absolute Gasteiger partial charge is 0.472 e. The van der Waals surface area contributed by atoms with Crippen LogP contribution in [0.1, 0.15) is 226 Å². The number of hydrogen-bond donors (Lipinski definition) is 3. The second-order valence-corrected chi connectivity index (χ2v) is 20.5. The Kier molecular flexibility index (Phi) is 44.1. The van der Waals surface area contributed by atoms with E-state index in [1.807, 2.05) is 0 Å². The van der Waals surface area contributed by atoms with Gasteiger partial charge in [0.2, 0.25) is 11.8 Å². The highest BCUT2D eigenvalue weighted by Crippen LogP contribution is 2.43. The third kappa shape index (κ3) is 42.2. The minimum absolute atomic E-state index is 0.00918. The van der Waals surface area contributed by atoms with E-state index in [4.69, 9.17) is 28.0 Å². The first-order chi connectivity index (χ1) is 35.0. The fraction of sp³-hybridized carbons (Fsp3) is 0.852. The third-order valence-corrected chi connectivity index (χ3v) is 13.4. The molecule has 1 aliphatic heterocycles. The summed E-state index contributed by atoms with van der Waals surface area (Å²) in [4.78, 5) is 84.0. The topological polar surface area (TPSA) is 222 Å². The monoisotopic (exact) mass is 1040 g/mol. The SMILES string of the molecule is CCCCCCCCCCCCCCCCCC(=O)OC[C@H](COP(=O)(O)OCCNC(=O)COCCOCCNC(=O)CCN1C(=O)C=CC1=O)OC(=O)CCCCCCCCCCCCCCCCC. The quantitative estimate of drug-likeness (QED) is 0.0223. The van der Waals surface area contributed by atoms with Gasteiger partial charge in [0.05, 0.1) is 33.0 Å². The number of carbonyl (C=O) groups excluding carboxylic acids is 6. The molecule has 1 heterocycles. The predicted molar refractivity (Wildman–Crippen MR) is 280 cm³/mol. The van der Waals surface area contributed by atoms with Crippen LogP contribution in [0, 0.1) is 0 Å². The van der Waals surface area contributed by atoms with E-state index in [0.717, 1.165) is 55.6 Å². The van der Waals surface area contributed by atoms with Crippen molar-refractivity contribution in [3.8, 4) is 0 Å². The second kappa shape index (κ2) is 47.5. The zero-order valence-electron chi connectivity index (χ0n) is 44.8. The second-order valence-electron chi connectivity index (χ2n) is 19.1. The van der Waals surface area contributed by atoms with Crippen LogP contribution in [0.2, 0.25) is 0 Å². The highest BCUT2D eigenvalue weighted by Gasteiger charge is 2.27. The van der Waals surface area contributed by atoms with Crippen molar-refractivity contribution in [2.75, 3.05) is 65.9 Å². The number of hydrogen-bond acceptors (Lipinski definition) is 13. The normalized spacial score (nSPS) is 13.6. The molecule has 0 spiro atoms. The molecule has 1 rings (SSSR count). The molecule has 418 valence electrons. The van der Waals surface area contributed by atoms with E-state index in [-0.39, 0.29) is 84.4 Å². The van der Waals surface area contributed by atoms with E-state index in [1.54, 1.807) is 0 Å². The van der Waals surface area contributed by atoms with Crippen molar-refractivity contribution in [1.82, 2.24) is 15.5 Å². The number of carbonyl (C=O) groups is 6. The van der Waals surface area contributed by atoms with Gasteiger partial charge in [-0.3, -0.25) is 42.7 Å². The van der Waals surface area contributed by atoms with Crippen LogP contribution < -0.4 is 10.6 Å². The molecule has 0 aromatic carbocycles. The van der Waals surface area contributed by atoms with E-state index in [0.29, 0.717) is 12.8 Å². The molecule has 1 unspecified atom stereocenters. The molecule has 0 fully saturated rings. The van der Waals surface area contributed by atoms with Gasteiger partial charge in [0.25, 0.3) is 11.8 Å². The van der Waals surface area contributed by atoms with Crippen molar-refractivity contribution >= 4 is 43.4 Å². The lowest BCUT2D eigenvalue weighted by molar-refractivity contribution is -0.161. The maximum absolute atomic E-state index is 12.8. The lowest BCUT2D eigenvalue weighted by Crippen LogP contribution is -2.35. The van der Waals surface area contributed by atoms with Gasteiger partial charge < -0.3 is 34.5 Å². The summed E-state index contributed by atoms with van der Waals surface area (Å²) in [5.74, 6) is -2.68. The van der Waals surface area contributed by atoms with Crippen LogP contribution in [0.5, 0.6) is 0 Å². The summed E-state index contributed by atoms with van der Waals surface area (Å²) in [6.45, 7) is 3.43. The molecule has 72 heavy (non-hydrogen) atoms. The van der Waals surface area contributed by atoms with Crippen LogP contribution in [0.3, 0.4) is 0 Å². The number of esters is 2. The Labute approximate surface area is 433 Å². The molecule has 0 radical (unpaired) electrons. The first-order valence-electron chi connectivity index (χ1n) is 28.2. The van der Waals surface area contributed by atoms with Gasteiger partial charge in [0.15, 0.2) is 6.10 Å². The maximum Gasteiger partial charge on any atom is 0.472 e. The summed E-state index contributed by atoms with van der Waals surface area (Å²) in [6, 6.07) is 0. The van der Waals surface area contributed by atoms with Crippen LogP contribution in [0.25, 0.3) is 0 Å². The maximum atomic E-state index is 12.8. The summed E-state index contributed by atoms with van der Waals surface area (Å²) >= 11 is 0. The number of imide groups is 1. The minimum Gasteiger partial charge on any atom is -0.462 e. The van der Waals surface area contributed by atoms with E-state index >= 15 is 0 Å². The lowest BCUT2D eigenvalue weighted by Gasteiger charge is -2.20. The number of unbranched alkanes of at least 4 members (excludes halogenated alkanes) is 28. The zero-order valence-corrected chi connectivity index (χ0v) is 45.7. The average Bonchev–Trinajstić information content (AvgIpc) is 3.68. The molecule has 1 aliphatic rings. The summed E-state index contributed by atoms with van der Waals surface area (Å²) in [7, 11) is -4.65. The molecule has 0 bridgehead atoms. The molecule has 0 aromatic heterocycles. The number of phosphoric acid groups is 1. The number of nitrogens with zero attached hydrogens (tertiary/aromatic N) is 1. The van der Waals surface area contributed by atoms with Crippen molar-refractivity contribution in [1.29, 1.82) is 0 Å². The van der Waals surface area contributed by atoms with Gasteiger partial charge in [-0.1, -0.05) is 194 Å². The Hall–Kier alpha value is -3.21. The van der Waals surface area contributed by atoms with Gasteiger partial charge in [-0.25, -0.2) is 4.57 Å². The zero-order chi connectivity index (χ0) is 52.6. The number of rotatable bonds is 53. The fourth-order valence-electron chi connectivity index (χ4n) is 8.12. The molecular formula is C54H98N3O14P. The molecule has 3 N–H and O–H groups in total. The van der Waals surface area contributed by atoms with E-state index in [9.17, 15) is 38.2 Å². The highest BCUT2D eigenvalue weighted by molar-refractivity contribution is 7.47. The van der Waals surface area contributed by atoms with Crippen LogP contribution in [-0.2, 0) is 61.3 Å². The predicted octanol–water partition coefficient (Wildman–Crippen LogP) is 10.7. The molecule has 4 amide bonds. The van der Waals surface area contributed by atoms with Crippen LogP contribution in [0.4, 0.5) is 0 Å². The fourth-order valence-corrected chi connectivity index (χ4v) is 8.87. The summed E-state index contributed by atoms with van der Waals surface area (Å²) in [5, 5.41) is 5.12. The van der Waals surface area contributed by atoms with Gasteiger partial charge in [-0.15, -0.1) is 0 Å². The Balaban J connectivity index is 2.33. The number of nitrogens with one attached hydrogen (secondary N) is 2. The molecule has 0 aliphatic carbocycles. The minimum atomic E-state index is -4.65. The van der Waals surface area contributed by atoms with E-state index in [1.165, 1.54) is 141 Å².